The van der Waals surface area contributed by atoms with Gasteiger partial charge in [0.15, 0.2) is 6.29 Å². The topological polar surface area (TPSA) is 71.0 Å². The van der Waals surface area contributed by atoms with Crippen LogP contribution in [0.3, 0.4) is 0 Å². The zero-order valence-electron chi connectivity index (χ0n) is 10.4. The second-order valence-corrected chi connectivity index (χ2v) is 3.76. The van der Waals surface area contributed by atoms with E-state index in [9.17, 15) is 4.39 Å². The van der Waals surface area contributed by atoms with E-state index in [1.165, 1.54) is 20.3 Å². The van der Waals surface area contributed by atoms with E-state index in [-0.39, 0.29) is 13.2 Å². The van der Waals surface area contributed by atoms with Gasteiger partial charge in [-0.25, -0.2) is 4.39 Å². The van der Waals surface area contributed by atoms with E-state index >= 15 is 0 Å². The van der Waals surface area contributed by atoms with Crippen molar-refractivity contribution in [1.82, 2.24) is 0 Å². The summed E-state index contributed by atoms with van der Waals surface area (Å²) in [5.41, 5.74) is 0.808. The second-order valence-electron chi connectivity index (χ2n) is 3.76. The molecule has 0 spiro atoms. The summed E-state index contributed by atoms with van der Waals surface area (Å²) in [5.74, 6) is -0.466. The van der Waals surface area contributed by atoms with Crippen LogP contribution in [0.15, 0.2) is 18.2 Å². The van der Waals surface area contributed by atoms with Crippen molar-refractivity contribution in [2.45, 2.75) is 12.4 Å². The van der Waals surface area contributed by atoms with Crippen molar-refractivity contribution >= 4 is 5.69 Å². The molecule has 5 nitrogen and oxygen atoms in total. The van der Waals surface area contributed by atoms with Crippen molar-refractivity contribution in [2.75, 3.05) is 32.7 Å². The summed E-state index contributed by atoms with van der Waals surface area (Å²) >= 11 is 0. The van der Waals surface area contributed by atoms with Crippen molar-refractivity contribution in [1.29, 1.82) is 0 Å². The van der Waals surface area contributed by atoms with Crippen LogP contribution in [0.25, 0.3) is 0 Å². The highest BCUT2D eigenvalue weighted by molar-refractivity contribution is 5.45. The van der Waals surface area contributed by atoms with Gasteiger partial charge in [-0.15, -0.1) is 0 Å². The summed E-state index contributed by atoms with van der Waals surface area (Å²) in [6.07, 6.45) is -1.62. The molecule has 0 radical (unpaired) electrons. The molecule has 0 aromatic heterocycles. The number of aliphatic hydroxyl groups excluding tert-OH is 2. The van der Waals surface area contributed by atoms with Crippen molar-refractivity contribution in [3.8, 4) is 0 Å². The zero-order valence-corrected chi connectivity index (χ0v) is 10.4. The van der Waals surface area contributed by atoms with Gasteiger partial charge in [0, 0.05) is 32.0 Å². The maximum atomic E-state index is 13.8. The summed E-state index contributed by atoms with van der Waals surface area (Å²) in [6, 6.07) is 4.47. The number of hydrogen-bond donors (Lipinski definition) is 3. The number of ether oxygens (including phenoxy) is 2. The lowest BCUT2D eigenvalue weighted by molar-refractivity contribution is -0.107. The molecule has 6 heteroatoms. The number of rotatable bonds is 7. The molecule has 0 fully saturated rings. The first-order valence-corrected chi connectivity index (χ1v) is 5.50. The number of nitrogens with one attached hydrogen (secondary N) is 1. The van der Waals surface area contributed by atoms with Gasteiger partial charge in [0.05, 0.1) is 12.7 Å². The van der Waals surface area contributed by atoms with Crippen LogP contribution in [0, 0.1) is 5.82 Å². The first-order chi connectivity index (χ1) is 8.62. The van der Waals surface area contributed by atoms with Crippen LogP contribution in [0.4, 0.5) is 10.1 Å². The number of aliphatic hydroxyl groups is 2. The van der Waals surface area contributed by atoms with Gasteiger partial charge in [-0.3, -0.25) is 0 Å². The SMILES string of the molecule is COC(OC)c1ccc(NCC(O)CO)cc1F. The van der Waals surface area contributed by atoms with Gasteiger partial charge in [0.1, 0.15) is 5.82 Å². The zero-order chi connectivity index (χ0) is 13.5. The van der Waals surface area contributed by atoms with Gasteiger partial charge < -0.3 is 25.0 Å². The quantitative estimate of drug-likeness (QED) is 0.634. The third kappa shape index (κ3) is 3.92. The smallest absolute Gasteiger partial charge is 0.185 e. The molecular weight excluding hydrogens is 241 g/mol. The molecule has 1 aromatic rings. The van der Waals surface area contributed by atoms with Crippen molar-refractivity contribution in [3.05, 3.63) is 29.6 Å². The van der Waals surface area contributed by atoms with Crippen molar-refractivity contribution in [2.24, 2.45) is 0 Å². The van der Waals surface area contributed by atoms with E-state index in [1.54, 1.807) is 12.1 Å². The molecule has 3 N–H and O–H groups in total. The summed E-state index contributed by atoms with van der Waals surface area (Å²) in [7, 11) is 2.86. The fourth-order valence-corrected chi connectivity index (χ4v) is 1.48. The van der Waals surface area contributed by atoms with Crippen LogP contribution >= 0.6 is 0 Å². The van der Waals surface area contributed by atoms with Crippen LogP contribution in [0.2, 0.25) is 0 Å². The van der Waals surface area contributed by atoms with Crippen LogP contribution in [-0.2, 0) is 9.47 Å². The monoisotopic (exact) mass is 259 g/mol. The minimum atomic E-state index is -0.876. The highest BCUT2D eigenvalue weighted by atomic mass is 19.1. The summed E-state index contributed by atoms with van der Waals surface area (Å²) in [4.78, 5) is 0. The lowest BCUT2D eigenvalue weighted by Gasteiger charge is -2.16. The number of halogens is 1. The summed E-state index contributed by atoms with van der Waals surface area (Å²) < 4.78 is 23.7. The van der Waals surface area contributed by atoms with Crippen molar-refractivity contribution < 1.29 is 24.1 Å². The fourth-order valence-electron chi connectivity index (χ4n) is 1.48. The van der Waals surface area contributed by atoms with E-state index in [0.29, 0.717) is 11.3 Å². The van der Waals surface area contributed by atoms with E-state index < -0.39 is 18.2 Å². The molecule has 0 aliphatic rings. The molecule has 0 saturated heterocycles. The molecule has 0 saturated carbocycles. The van der Waals surface area contributed by atoms with E-state index in [4.69, 9.17) is 19.7 Å². The predicted octanol–water partition coefficient (Wildman–Crippen LogP) is 0.882. The highest BCUT2D eigenvalue weighted by Crippen LogP contribution is 2.23. The first-order valence-electron chi connectivity index (χ1n) is 5.50. The molecule has 18 heavy (non-hydrogen) atoms. The van der Waals surface area contributed by atoms with Crippen molar-refractivity contribution in [3.63, 3.8) is 0 Å². The second kappa shape index (κ2) is 7.27. The largest absolute Gasteiger partial charge is 0.394 e. The molecule has 0 amide bonds. The Kier molecular flexibility index (Phi) is 6.00. The molecule has 1 aromatic carbocycles. The highest BCUT2D eigenvalue weighted by Gasteiger charge is 2.14. The number of benzene rings is 1. The van der Waals surface area contributed by atoms with Crippen LogP contribution in [-0.4, -0.2) is 43.7 Å². The van der Waals surface area contributed by atoms with E-state index in [1.807, 2.05) is 0 Å². The minimum Gasteiger partial charge on any atom is -0.394 e. The summed E-state index contributed by atoms with van der Waals surface area (Å²) in [5, 5.41) is 20.6. The van der Waals surface area contributed by atoms with Gasteiger partial charge in [-0.2, -0.15) is 0 Å². The van der Waals surface area contributed by atoms with Gasteiger partial charge in [0.2, 0.25) is 0 Å². The maximum Gasteiger partial charge on any atom is 0.185 e. The fraction of sp³-hybridized carbons (Fsp3) is 0.500. The van der Waals surface area contributed by atoms with Gasteiger partial charge in [-0.1, -0.05) is 0 Å². The lowest BCUT2D eigenvalue weighted by Crippen LogP contribution is -2.23. The Morgan fingerprint density at radius 3 is 2.50 bits per heavy atom. The Morgan fingerprint density at radius 2 is 2.00 bits per heavy atom. The Hall–Kier alpha value is -1.21. The first kappa shape index (κ1) is 14.8. The third-order valence-electron chi connectivity index (χ3n) is 2.44. The number of anilines is 1. The molecule has 0 bridgehead atoms. The summed E-state index contributed by atoms with van der Waals surface area (Å²) in [6.45, 7) is -0.198. The molecular formula is C12H18FNO4. The lowest BCUT2D eigenvalue weighted by atomic mass is 10.2. The average molecular weight is 259 g/mol. The molecule has 0 aliphatic carbocycles. The van der Waals surface area contributed by atoms with Gasteiger partial charge in [0.25, 0.3) is 0 Å². The van der Waals surface area contributed by atoms with Gasteiger partial charge >= 0.3 is 0 Å². The van der Waals surface area contributed by atoms with E-state index in [2.05, 4.69) is 5.32 Å². The molecule has 1 atom stereocenters. The average Bonchev–Trinajstić information content (AvgIpc) is 2.39. The van der Waals surface area contributed by atoms with Gasteiger partial charge in [-0.05, 0) is 18.2 Å². The van der Waals surface area contributed by atoms with Crippen LogP contribution < -0.4 is 5.32 Å². The van der Waals surface area contributed by atoms with Crippen LogP contribution in [0.1, 0.15) is 11.9 Å². The molecule has 102 valence electrons. The third-order valence-corrected chi connectivity index (χ3v) is 2.44. The van der Waals surface area contributed by atoms with E-state index in [0.717, 1.165) is 0 Å². The Morgan fingerprint density at radius 1 is 1.33 bits per heavy atom. The Labute approximate surface area is 105 Å². The molecule has 0 aliphatic heterocycles. The van der Waals surface area contributed by atoms with Crippen LogP contribution in [0.5, 0.6) is 0 Å². The molecule has 1 rings (SSSR count). The Bertz CT molecular complexity index is 371. The number of hydrogen-bond acceptors (Lipinski definition) is 5. The molecule has 1 unspecified atom stereocenters. The molecule has 0 heterocycles. The normalized spacial score (nSPS) is 12.8. The Balaban J connectivity index is 2.73. The minimum absolute atomic E-state index is 0.146. The predicted molar refractivity (Wildman–Crippen MR) is 64.7 cm³/mol. The number of methoxy groups -OCH3 is 2. The standard InChI is InChI=1S/C12H18FNO4/c1-17-12(18-2)10-4-3-8(5-11(10)13)14-6-9(16)7-15/h3-5,9,12,14-16H,6-7H2,1-2H3. The maximum absolute atomic E-state index is 13.8.